The third kappa shape index (κ3) is 5.65. The molecule has 0 saturated heterocycles. The molecule has 0 radical (unpaired) electrons. The van der Waals surface area contributed by atoms with Crippen molar-refractivity contribution in [3.8, 4) is 0 Å². The molecule has 0 aliphatic heterocycles. The molecule has 0 atom stereocenters. The summed E-state index contributed by atoms with van der Waals surface area (Å²) in [5.74, 6) is 0. The van der Waals surface area contributed by atoms with Crippen LogP contribution in [0, 0.1) is 0 Å². The van der Waals surface area contributed by atoms with E-state index in [1.165, 1.54) is 12.1 Å². The Morgan fingerprint density at radius 2 is 1.60 bits per heavy atom. The molecule has 0 nitrogen and oxygen atoms in total. The van der Waals surface area contributed by atoms with Crippen molar-refractivity contribution in [1.29, 1.82) is 0 Å². The molecule has 1 aromatic rings. The first-order valence-corrected chi connectivity index (χ1v) is 4.51. The molecule has 0 unspecified atom stereocenters. The van der Waals surface area contributed by atoms with Crippen molar-refractivity contribution in [1.82, 2.24) is 0 Å². The van der Waals surface area contributed by atoms with Gasteiger partial charge in [0.25, 0.3) is 0 Å². The van der Waals surface area contributed by atoms with Crippen LogP contribution in [-0.4, -0.2) is 6.98 Å². The van der Waals surface area contributed by atoms with E-state index in [2.05, 4.69) is 15.9 Å². The zero-order valence-electron chi connectivity index (χ0n) is 7.85. The van der Waals surface area contributed by atoms with Crippen LogP contribution in [0.15, 0.2) is 34.5 Å². The number of hydrogen-bond donors (Lipinski definition) is 0. The van der Waals surface area contributed by atoms with E-state index in [0.717, 1.165) is 4.47 Å². The van der Waals surface area contributed by atoms with E-state index in [1.807, 2.05) is 0 Å². The predicted octanol–water partition coefficient (Wildman–Crippen LogP) is 1.15. The molecule has 0 aromatic heterocycles. The van der Waals surface area contributed by atoms with E-state index in [-0.39, 0.29) is 56.9 Å². The number of rotatable bonds is 2. The van der Waals surface area contributed by atoms with E-state index >= 15 is 0 Å². The van der Waals surface area contributed by atoms with Crippen molar-refractivity contribution in [3.05, 3.63) is 40.0 Å². The minimum atomic E-state index is -5.52. The van der Waals surface area contributed by atoms with Gasteiger partial charge in [-0.3, -0.25) is 0 Å². The molecule has 0 aliphatic rings. The van der Waals surface area contributed by atoms with E-state index in [9.17, 15) is 17.3 Å². The van der Waals surface area contributed by atoms with Crippen molar-refractivity contribution in [2.24, 2.45) is 0 Å². The molecule has 0 N–H and O–H groups in total. The number of hydrogen-bond acceptors (Lipinski definition) is 0. The molecule has 0 amide bonds. The summed E-state index contributed by atoms with van der Waals surface area (Å²) in [5.41, 5.74) is -1.85. The van der Waals surface area contributed by atoms with Crippen LogP contribution in [0.4, 0.5) is 17.3 Å². The van der Waals surface area contributed by atoms with Crippen LogP contribution in [-0.2, 0) is 0 Å². The van der Waals surface area contributed by atoms with Gasteiger partial charge >= 0.3 is 58.4 Å². The number of halogens is 5. The topological polar surface area (TPSA) is 0 Å². The van der Waals surface area contributed by atoms with Crippen LogP contribution < -0.4 is 51.4 Å². The summed E-state index contributed by atoms with van der Waals surface area (Å²) in [5, 5.41) is 0. The second kappa shape index (κ2) is 6.56. The van der Waals surface area contributed by atoms with Gasteiger partial charge < -0.3 is 12.9 Å². The fraction of sp³-hybridized carbons (Fsp3) is 0. The summed E-state index contributed by atoms with van der Waals surface area (Å²) in [4.78, 5) is 0. The second-order valence-corrected chi connectivity index (χ2v) is 3.57. The van der Waals surface area contributed by atoms with Crippen molar-refractivity contribution < 1.29 is 68.7 Å². The first-order chi connectivity index (χ1) is 6.39. The summed E-state index contributed by atoms with van der Waals surface area (Å²) in [7, 11) is 0. The average molecular weight is 307 g/mol. The molecule has 0 saturated carbocycles. The molecule has 0 heterocycles. The fourth-order valence-electron chi connectivity index (χ4n) is 0.813. The normalized spacial score (nSPS) is 12.2. The third-order valence-electron chi connectivity index (χ3n) is 1.49. The molecule has 1 rings (SSSR count). The van der Waals surface area contributed by atoms with Gasteiger partial charge in [0.05, 0.1) is 0 Å². The van der Waals surface area contributed by atoms with Crippen LogP contribution >= 0.6 is 15.9 Å². The average Bonchev–Trinajstić information content (AvgIpc) is 2.07. The minimum absolute atomic E-state index is 0. The van der Waals surface area contributed by atoms with Gasteiger partial charge in [-0.25, -0.2) is 4.39 Å². The Bertz CT molecular complexity index is 347. The van der Waals surface area contributed by atoms with Gasteiger partial charge in [-0.05, 0) is 17.7 Å². The quantitative estimate of drug-likeness (QED) is 0.568. The Morgan fingerprint density at radius 1 is 1.13 bits per heavy atom. The molecule has 0 fully saturated rings. The fourth-order valence-corrected chi connectivity index (χ4v) is 1.08. The third-order valence-corrected chi connectivity index (χ3v) is 2.02. The van der Waals surface area contributed by atoms with E-state index in [4.69, 9.17) is 0 Å². The summed E-state index contributed by atoms with van der Waals surface area (Å²) >= 11 is 3.12. The molecule has 0 aliphatic carbocycles. The monoisotopic (exact) mass is 306 g/mol. The van der Waals surface area contributed by atoms with Crippen molar-refractivity contribution in [2.45, 2.75) is 0 Å². The SMILES string of the molecule is F/C(=C\c1ccc(Br)cc1)[B-](F)(F)F.[K+]. The maximum absolute atomic E-state index is 12.4. The van der Waals surface area contributed by atoms with Crippen molar-refractivity contribution >= 4 is 29.0 Å². The molecule has 0 bridgehead atoms. The molecule has 76 valence electrons. The first-order valence-electron chi connectivity index (χ1n) is 3.72. The van der Waals surface area contributed by atoms with E-state index in [0.29, 0.717) is 6.08 Å². The minimum Gasteiger partial charge on any atom is -0.443 e. The van der Waals surface area contributed by atoms with Crippen molar-refractivity contribution in [3.63, 3.8) is 0 Å². The Morgan fingerprint density at radius 3 is 2.00 bits per heavy atom. The van der Waals surface area contributed by atoms with Crippen molar-refractivity contribution in [2.75, 3.05) is 0 Å². The van der Waals surface area contributed by atoms with Gasteiger partial charge in [0.15, 0.2) is 0 Å². The zero-order chi connectivity index (χ0) is 10.8. The van der Waals surface area contributed by atoms with Crippen LogP contribution in [0.5, 0.6) is 0 Å². The van der Waals surface area contributed by atoms with E-state index in [1.54, 1.807) is 12.1 Å². The largest absolute Gasteiger partial charge is 1.00 e. The van der Waals surface area contributed by atoms with Crippen LogP contribution in [0.3, 0.4) is 0 Å². The molecular weight excluding hydrogens is 302 g/mol. The first kappa shape index (κ1) is 15.9. The van der Waals surface area contributed by atoms with E-state index < -0.39 is 12.7 Å². The maximum Gasteiger partial charge on any atom is 1.00 e. The Hall–Kier alpha value is 0.861. The van der Waals surface area contributed by atoms with Crippen LogP contribution in [0.1, 0.15) is 5.56 Å². The van der Waals surface area contributed by atoms with Gasteiger partial charge in [0.1, 0.15) is 0 Å². The smallest absolute Gasteiger partial charge is 0.443 e. The van der Waals surface area contributed by atoms with Gasteiger partial charge in [-0.15, -0.1) is 0 Å². The molecule has 7 heteroatoms. The van der Waals surface area contributed by atoms with Crippen LogP contribution in [0.25, 0.3) is 6.08 Å². The predicted molar refractivity (Wildman–Crippen MR) is 52.3 cm³/mol. The zero-order valence-corrected chi connectivity index (χ0v) is 12.6. The van der Waals surface area contributed by atoms with Crippen LogP contribution in [0.2, 0.25) is 0 Å². The molecule has 0 spiro atoms. The standard InChI is InChI=1S/C8H5BBrF4.K/c10-7-3-1-6(2-4-7)5-8(11)9(12,13)14;/h1-5H;/q-1;+1/b8-5-;. The number of benzene rings is 1. The maximum atomic E-state index is 12.4. The Labute approximate surface area is 136 Å². The Balaban J connectivity index is 0.00000196. The molecule has 1 aromatic carbocycles. The van der Waals surface area contributed by atoms with Gasteiger partial charge in [-0.1, -0.05) is 34.1 Å². The Kier molecular flexibility index (Phi) is 6.94. The van der Waals surface area contributed by atoms with Gasteiger partial charge in [0, 0.05) is 10.2 Å². The van der Waals surface area contributed by atoms with Gasteiger partial charge in [0.2, 0.25) is 0 Å². The second-order valence-electron chi connectivity index (χ2n) is 2.66. The summed E-state index contributed by atoms with van der Waals surface area (Å²) < 4.78 is 48.6. The molecular formula is C8H5BBrF4K. The summed E-state index contributed by atoms with van der Waals surface area (Å²) in [6.45, 7) is -5.52. The van der Waals surface area contributed by atoms with Gasteiger partial charge in [-0.2, -0.15) is 0 Å². The molecule has 15 heavy (non-hydrogen) atoms. The summed E-state index contributed by atoms with van der Waals surface area (Å²) in [6.07, 6.45) is 0.479. The summed E-state index contributed by atoms with van der Waals surface area (Å²) in [6, 6.07) is 5.88.